The number of non-ortho nitro benzene ring substituents is 1. The number of fused-ring (bicyclic) bond motifs is 1. The number of aryl methyl sites for hydroxylation is 1. The molecule has 0 spiro atoms. The number of carbonyl (C=O) groups excluding carboxylic acids is 2. The minimum absolute atomic E-state index is 0.0648. The number of benzene rings is 2. The molecule has 0 radical (unpaired) electrons. The number of esters is 1. The van der Waals surface area contributed by atoms with Crippen molar-refractivity contribution in [1.29, 1.82) is 0 Å². The van der Waals surface area contributed by atoms with Crippen LogP contribution in [0.5, 0.6) is 5.75 Å². The molecule has 0 aliphatic carbocycles. The topological polar surface area (TPSA) is 113 Å². The highest BCUT2D eigenvalue weighted by molar-refractivity contribution is 7.16. The van der Waals surface area contributed by atoms with Crippen LogP contribution >= 0.6 is 11.3 Å². The van der Waals surface area contributed by atoms with Crippen molar-refractivity contribution >= 4 is 39.1 Å². The molecule has 0 aliphatic heterocycles. The fraction of sp³-hybridized carbons (Fsp3) is 0.211. The van der Waals surface area contributed by atoms with Gasteiger partial charge in [0.15, 0.2) is 4.80 Å². The monoisotopic (exact) mass is 415 g/mol. The number of nitro groups is 1. The number of nitro benzene ring substituents is 1. The third-order valence-electron chi connectivity index (χ3n) is 4.18. The molecule has 0 unspecified atom stereocenters. The lowest BCUT2D eigenvalue weighted by Crippen LogP contribution is -2.19. The first-order valence-electron chi connectivity index (χ1n) is 8.51. The maximum absolute atomic E-state index is 12.7. The fourth-order valence-corrected chi connectivity index (χ4v) is 3.84. The third kappa shape index (κ3) is 4.32. The zero-order chi connectivity index (χ0) is 21.0. The van der Waals surface area contributed by atoms with Gasteiger partial charge in [0.25, 0.3) is 11.6 Å². The van der Waals surface area contributed by atoms with Crippen LogP contribution in [0.1, 0.15) is 16.8 Å². The summed E-state index contributed by atoms with van der Waals surface area (Å²) in [6.07, 6.45) is 0.0648. The van der Waals surface area contributed by atoms with Crippen molar-refractivity contribution in [3.8, 4) is 5.75 Å². The summed E-state index contributed by atoms with van der Waals surface area (Å²) in [7, 11) is 2.75. The van der Waals surface area contributed by atoms with Gasteiger partial charge < -0.3 is 14.0 Å². The van der Waals surface area contributed by atoms with Crippen LogP contribution in [0.25, 0.3) is 10.2 Å². The molecular formula is C19H17N3O6S. The maximum atomic E-state index is 12.7. The lowest BCUT2D eigenvalue weighted by molar-refractivity contribution is -0.384. The number of aromatic nitrogens is 1. The summed E-state index contributed by atoms with van der Waals surface area (Å²) in [5, 5.41) is 11.1. The minimum atomic E-state index is -0.518. The van der Waals surface area contributed by atoms with E-state index in [1.165, 1.54) is 26.4 Å². The highest BCUT2D eigenvalue weighted by atomic mass is 32.1. The van der Waals surface area contributed by atoms with E-state index in [9.17, 15) is 19.7 Å². The van der Waals surface area contributed by atoms with Gasteiger partial charge in [0.05, 0.1) is 41.3 Å². The lowest BCUT2D eigenvalue weighted by Gasteiger charge is -2.05. The van der Waals surface area contributed by atoms with Crippen LogP contribution in [0.4, 0.5) is 5.69 Å². The van der Waals surface area contributed by atoms with Crippen molar-refractivity contribution in [3.05, 3.63) is 62.9 Å². The van der Waals surface area contributed by atoms with Crippen LogP contribution in [0, 0.1) is 10.1 Å². The van der Waals surface area contributed by atoms with Crippen molar-refractivity contribution in [2.75, 3.05) is 14.2 Å². The Hall–Kier alpha value is -3.53. The second-order valence-electron chi connectivity index (χ2n) is 5.89. The minimum Gasteiger partial charge on any atom is -0.496 e. The molecule has 9 nitrogen and oxygen atoms in total. The first kappa shape index (κ1) is 20.2. The average molecular weight is 415 g/mol. The smallest absolute Gasteiger partial charge is 0.307 e. The van der Waals surface area contributed by atoms with Crippen LogP contribution in [-0.4, -0.2) is 35.6 Å². The number of thiazole rings is 1. The van der Waals surface area contributed by atoms with Crippen molar-refractivity contribution in [3.63, 3.8) is 0 Å². The van der Waals surface area contributed by atoms with Gasteiger partial charge in [-0.1, -0.05) is 23.5 Å². The van der Waals surface area contributed by atoms with Crippen molar-refractivity contribution in [2.24, 2.45) is 4.99 Å². The molecule has 29 heavy (non-hydrogen) atoms. The largest absolute Gasteiger partial charge is 0.496 e. The van der Waals surface area contributed by atoms with Crippen LogP contribution in [0.2, 0.25) is 0 Å². The molecule has 0 atom stereocenters. The highest BCUT2D eigenvalue weighted by Gasteiger charge is 2.15. The van der Waals surface area contributed by atoms with E-state index in [0.29, 0.717) is 20.8 Å². The molecule has 0 saturated carbocycles. The van der Waals surface area contributed by atoms with Crippen LogP contribution in [0.3, 0.4) is 0 Å². The predicted octanol–water partition coefficient (Wildman–Crippen LogP) is 2.92. The molecule has 0 aliphatic rings. The number of hydrogen-bond acceptors (Lipinski definition) is 7. The Morgan fingerprint density at radius 3 is 2.66 bits per heavy atom. The van der Waals surface area contributed by atoms with Gasteiger partial charge in [0.2, 0.25) is 0 Å². The van der Waals surface area contributed by atoms with Crippen LogP contribution < -0.4 is 9.54 Å². The molecule has 0 saturated heterocycles. The maximum Gasteiger partial charge on any atom is 0.307 e. The van der Waals surface area contributed by atoms with E-state index < -0.39 is 16.8 Å². The standard InChI is InChI=1S/C19H17N3O6S/c1-27-15-6-4-3-5-13(15)18(24)20-19-21(10-9-17(23)28-2)14-8-7-12(22(25)26)11-16(14)29-19/h3-8,11H,9-10H2,1-2H3. The molecular weight excluding hydrogens is 398 g/mol. The number of amides is 1. The summed E-state index contributed by atoms with van der Waals surface area (Å²) in [4.78, 5) is 39.4. The molecule has 1 heterocycles. The Labute approximate surface area is 169 Å². The third-order valence-corrected chi connectivity index (χ3v) is 5.22. The Balaban J connectivity index is 2.13. The normalized spacial score (nSPS) is 11.4. The average Bonchev–Trinajstić information content (AvgIpc) is 3.07. The lowest BCUT2D eigenvalue weighted by atomic mass is 10.2. The number of hydrogen-bond donors (Lipinski definition) is 0. The molecule has 0 bridgehead atoms. The van der Waals surface area contributed by atoms with Gasteiger partial charge in [0, 0.05) is 18.7 Å². The summed E-state index contributed by atoms with van der Waals surface area (Å²) in [6.45, 7) is 0.211. The molecule has 150 valence electrons. The highest BCUT2D eigenvalue weighted by Crippen LogP contribution is 2.24. The summed E-state index contributed by atoms with van der Waals surface area (Å²) in [5.74, 6) is -0.546. The number of rotatable bonds is 6. The number of methoxy groups -OCH3 is 2. The Morgan fingerprint density at radius 1 is 1.21 bits per heavy atom. The molecule has 1 amide bonds. The molecule has 0 fully saturated rings. The summed E-state index contributed by atoms with van der Waals surface area (Å²) >= 11 is 1.13. The Kier molecular flexibility index (Phi) is 6.03. The molecule has 3 rings (SSSR count). The molecule has 3 aromatic rings. The van der Waals surface area contributed by atoms with E-state index in [-0.39, 0.29) is 24.2 Å². The quantitative estimate of drug-likeness (QED) is 0.347. The Bertz CT molecular complexity index is 1160. The van der Waals surface area contributed by atoms with Gasteiger partial charge in [-0.25, -0.2) is 0 Å². The molecule has 10 heteroatoms. The summed E-state index contributed by atoms with van der Waals surface area (Å²) < 4.78 is 12.1. The van der Waals surface area contributed by atoms with Gasteiger partial charge in [0.1, 0.15) is 5.75 Å². The van der Waals surface area contributed by atoms with Gasteiger partial charge >= 0.3 is 5.97 Å². The van der Waals surface area contributed by atoms with E-state index >= 15 is 0 Å². The summed E-state index contributed by atoms with van der Waals surface area (Å²) in [5.41, 5.74) is 0.857. The SMILES string of the molecule is COC(=O)CCn1c(=NC(=O)c2ccccc2OC)sc2cc([N+](=O)[O-])ccc21. The molecule has 2 aromatic carbocycles. The van der Waals surface area contributed by atoms with Crippen LogP contribution in [0.15, 0.2) is 47.5 Å². The van der Waals surface area contributed by atoms with Crippen molar-refractivity contribution < 1.29 is 24.0 Å². The van der Waals surface area contributed by atoms with Gasteiger partial charge in [-0.15, -0.1) is 0 Å². The number of ether oxygens (including phenoxy) is 2. The van der Waals surface area contributed by atoms with Crippen molar-refractivity contribution in [1.82, 2.24) is 4.57 Å². The molecule has 0 N–H and O–H groups in total. The second-order valence-corrected chi connectivity index (χ2v) is 6.90. The number of para-hydroxylation sites is 1. The molecule has 1 aromatic heterocycles. The first-order chi connectivity index (χ1) is 13.9. The van der Waals surface area contributed by atoms with Gasteiger partial charge in [-0.05, 0) is 18.2 Å². The van der Waals surface area contributed by atoms with E-state index in [4.69, 9.17) is 4.74 Å². The van der Waals surface area contributed by atoms with E-state index in [1.54, 1.807) is 34.9 Å². The van der Waals surface area contributed by atoms with Crippen molar-refractivity contribution in [2.45, 2.75) is 13.0 Å². The van der Waals surface area contributed by atoms with E-state index in [0.717, 1.165) is 11.3 Å². The first-order valence-corrected chi connectivity index (χ1v) is 9.33. The number of nitrogens with zero attached hydrogens (tertiary/aromatic N) is 3. The zero-order valence-electron chi connectivity index (χ0n) is 15.7. The van der Waals surface area contributed by atoms with Crippen LogP contribution in [-0.2, 0) is 16.1 Å². The van der Waals surface area contributed by atoms with E-state index in [1.807, 2.05) is 0 Å². The second kappa shape index (κ2) is 8.65. The van der Waals surface area contributed by atoms with E-state index in [2.05, 4.69) is 9.73 Å². The Morgan fingerprint density at radius 2 is 1.97 bits per heavy atom. The van der Waals surface area contributed by atoms with Gasteiger partial charge in [-0.2, -0.15) is 4.99 Å². The zero-order valence-corrected chi connectivity index (χ0v) is 16.5. The summed E-state index contributed by atoms with van der Waals surface area (Å²) in [6, 6.07) is 11.1. The fourth-order valence-electron chi connectivity index (χ4n) is 2.75. The predicted molar refractivity (Wildman–Crippen MR) is 106 cm³/mol. The number of carbonyl (C=O) groups is 2. The van der Waals surface area contributed by atoms with Gasteiger partial charge in [-0.3, -0.25) is 19.7 Å².